The molecule has 7 rings (SSSR count). The van der Waals surface area contributed by atoms with Gasteiger partial charge in [0.2, 0.25) is 5.91 Å². The van der Waals surface area contributed by atoms with Crippen molar-refractivity contribution in [2.24, 2.45) is 5.73 Å². The number of amides is 1. The Kier molecular flexibility index (Phi) is 6.07. The van der Waals surface area contributed by atoms with E-state index >= 15 is 0 Å². The Bertz CT molecular complexity index is 1510. The maximum atomic E-state index is 12.0. The van der Waals surface area contributed by atoms with Crippen molar-refractivity contribution in [3.8, 4) is 11.3 Å². The molecule has 2 aromatic carbocycles. The van der Waals surface area contributed by atoms with Crippen molar-refractivity contribution >= 4 is 22.5 Å². The van der Waals surface area contributed by atoms with Crippen molar-refractivity contribution in [1.29, 1.82) is 0 Å². The number of aliphatic hydroxyl groups is 1. The summed E-state index contributed by atoms with van der Waals surface area (Å²) in [5.74, 6) is 0.806. The molecule has 3 aliphatic rings. The summed E-state index contributed by atoms with van der Waals surface area (Å²) in [5, 5.41) is 16.1. The highest BCUT2D eigenvalue weighted by Gasteiger charge is 2.40. The molecule has 200 valence electrons. The lowest BCUT2D eigenvalue weighted by Gasteiger charge is -2.39. The topological polar surface area (TPSA) is 110 Å². The number of benzene rings is 2. The molecule has 2 aliphatic heterocycles. The third-order valence-electron chi connectivity index (χ3n) is 8.97. The smallest absolute Gasteiger partial charge is 0.248 e. The molecule has 3 fully saturated rings. The molecular formula is C31H34N6O2. The second kappa shape index (κ2) is 9.75. The van der Waals surface area contributed by atoms with E-state index in [1.54, 1.807) is 6.07 Å². The van der Waals surface area contributed by atoms with E-state index in [2.05, 4.69) is 34.1 Å². The molecule has 0 spiro atoms. The fraction of sp³-hybridized carbons (Fsp3) is 0.419. The molecule has 8 nitrogen and oxygen atoms in total. The van der Waals surface area contributed by atoms with Crippen molar-refractivity contribution in [2.45, 2.75) is 82.0 Å². The summed E-state index contributed by atoms with van der Waals surface area (Å²) >= 11 is 0. The van der Waals surface area contributed by atoms with E-state index in [9.17, 15) is 9.90 Å². The summed E-state index contributed by atoms with van der Waals surface area (Å²) in [6.07, 6.45) is 10.5. The van der Waals surface area contributed by atoms with E-state index < -0.39 is 5.91 Å². The van der Waals surface area contributed by atoms with E-state index in [1.165, 1.54) is 31.4 Å². The molecule has 39 heavy (non-hydrogen) atoms. The summed E-state index contributed by atoms with van der Waals surface area (Å²) < 4.78 is 1.93. The largest absolute Gasteiger partial charge is 0.393 e. The predicted octanol–water partition coefficient (Wildman–Crippen LogP) is 4.79. The zero-order chi connectivity index (χ0) is 26.5. The maximum Gasteiger partial charge on any atom is 0.248 e. The number of carbonyl (C=O) groups excluding carboxylic acids is 1. The summed E-state index contributed by atoms with van der Waals surface area (Å²) in [5.41, 5.74) is 11.1. The van der Waals surface area contributed by atoms with Gasteiger partial charge in [-0.1, -0.05) is 25.0 Å². The van der Waals surface area contributed by atoms with Crippen LogP contribution in [0.5, 0.6) is 0 Å². The first-order valence-corrected chi connectivity index (χ1v) is 14.2. The van der Waals surface area contributed by atoms with Gasteiger partial charge >= 0.3 is 0 Å². The molecule has 2 atom stereocenters. The average Bonchev–Trinajstić information content (AvgIpc) is 3.66. The first-order chi connectivity index (χ1) is 19.0. The van der Waals surface area contributed by atoms with E-state index in [-0.39, 0.29) is 6.10 Å². The number of hydrogen-bond acceptors (Lipinski definition) is 6. The quantitative estimate of drug-likeness (QED) is 0.377. The number of nitrogens with two attached hydrogens (primary N) is 1. The predicted molar refractivity (Wildman–Crippen MR) is 151 cm³/mol. The molecular weight excluding hydrogens is 488 g/mol. The van der Waals surface area contributed by atoms with Crippen LogP contribution in [0.15, 0.2) is 54.7 Å². The number of fused-ring (bicyclic) bond motifs is 3. The van der Waals surface area contributed by atoms with Gasteiger partial charge in [0.1, 0.15) is 18.1 Å². The van der Waals surface area contributed by atoms with Crippen molar-refractivity contribution in [3.63, 3.8) is 0 Å². The SMILES string of the molecule is NC(=O)c1ccc2c(c1)c(-c1ccc(N3C4CCC3CC(O)C4)cc1)nn2Cc1nccc(C2CCCC2)n1. The number of aromatic nitrogens is 4. The third-order valence-corrected chi connectivity index (χ3v) is 8.97. The second-order valence-corrected chi connectivity index (χ2v) is 11.4. The Hall–Kier alpha value is -3.78. The first kappa shape index (κ1) is 24.3. The minimum atomic E-state index is -0.457. The molecule has 1 aliphatic carbocycles. The van der Waals surface area contributed by atoms with Gasteiger partial charge in [-0.05, 0) is 74.9 Å². The first-order valence-electron chi connectivity index (χ1n) is 14.2. The maximum absolute atomic E-state index is 12.0. The van der Waals surface area contributed by atoms with Gasteiger partial charge in [0.25, 0.3) is 0 Å². The van der Waals surface area contributed by atoms with Gasteiger partial charge in [-0.3, -0.25) is 9.48 Å². The fourth-order valence-electron chi connectivity index (χ4n) is 7.10. The second-order valence-electron chi connectivity index (χ2n) is 11.4. The lowest BCUT2D eigenvalue weighted by Crippen LogP contribution is -2.44. The van der Waals surface area contributed by atoms with Gasteiger partial charge in [0.15, 0.2) is 0 Å². The third kappa shape index (κ3) is 4.46. The Morgan fingerprint density at radius 3 is 2.44 bits per heavy atom. The van der Waals surface area contributed by atoms with Gasteiger partial charge < -0.3 is 15.7 Å². The number of hydrogen-bond donors (Lipinski definition) is 2. The average molecular weight is 523 g/mol. The molecule has 1 saturated carbocycles. The van der Waals surface area contributed by atoms with Crippen LogP contribution in [0, 0.1) is 0 Å². The fourth-order valence-corrected chi connectivity index (χ4v) is 7.10. The lowest BCUT2D eigenvalue weighted by molar-refractivity contribution is 0.100. The summed E-state index contributed by atoms with van der Waals surface area (Å²) in [7, 11) is 0. The molecule has 2 saturated heterocycles. The molecule has 4 aromatic rings. The summed E-state index contributed by atoms with van der Waals surface area (Å²) in [6.45, 7) is 0.449. The molecule has 4 heterocycles. The Morgan fingerprint density at radius 1 is 0.974 bits per heavy atom. The van der Waals surface area contributed by atoms with Gasteiger partial charge in [0, 0.05) is 52.1 Å². The van der Waals surface area contributed by atoms with Gasteiger partial charge in [-0.25, -0.2) is 9.97 Å². The number of anilines is 1. The van der Waals surface area contributed by atoms with Crippen molar-refractivity contribution in [2.75, 3.05) is 4.90 Å². The van der Waals surface area contributed by atoms with E-state index in [4.69, 9.17) is 15.8 Å². The highest BCUT2D eigenvalue weighted by Crippen LogP contribution is 2.40. The zero-order valence-electron chi connectivity index (χ0n) is 22.0. The van der Waals surface area contributed by atoms with E-state index in [0.29, 0.717) is 30.1 Å². The van der Waals surface area contributed by atoms with Gasteiger partial charge in [-0.15, -0.1) is 0 Å². The van der Waals surface area contributed by atoms with Crippen LogP contribution in [0.4, 0.5) is 5.69 Å². The normalized spacial score (nSPS) is 23.1. The van der Waals surface area contributed by atoms with Crippen LogP contribution >= 0.6 is 0 Å². The van der Waals surface area contributed by atoms with Gasteiger partial charge in [0.05, 0.1) is 11.6 Å². The molecule has 1 amide bonds. The molecule has 0 radical (unpaired) electrons. The summed E-state index contributed by atoms with van der Waals surface area (Å²) in [6, 6.07) is 16.9. The van der Waals surface area contributed by atoms with Crippen LogP contribution in [-0.4, -0.2) is 48.9 Å². The highest BCUT2D eigenvalue weighted by atomic mass is 16.3. The van der Waals surface area contributed by atoms with Gasteiger partial charge in [-0.2, -0.15) is 5.10 Å². The number of carbonyl (C=O) groups is 1. The van der Waals surface area contributed by atoms with Crippen molar-refractivity contribution < 1.29 is 9.90 Å². The number of nitrogens with zero attached hydrogens (tertiary/aromatic N) is 5. The van der Waals surface area contributed by atoms with Crippen molar-refractivity contribution in [3.05, 3.63) is 71.8 Å². The molecule has 2 bridgehead atoms. The number of primary amides is 1. The zero-order valence-corrected chi connectivity index (χ0v) is 22.0. The highest BCUT2D eigenvalue weighted by molar-refractivity contribution is 6.01. The minimum absolute atomic E-state index is 0.185. The number of aliphatic hydroxyl groups excluding tert-OH is 1. The van der Waals surface area contributed by atoms with Crippen LogP contribution in [0.25, 0.3) is 22.2 Å². The van der Waals surface area contributed by atoms with E-state index in [0.717, 1.165) is 59.4 Å². The molecule has 2 unspecified atom stereocenters. The van der Waals surface area contributed by atoms with Crippen molar-refractivity contribution in [1.82, 2.24) is 19.7 Å². The Morgan fingerprint density at radius 2 is 1.72 bits per heavy atom. The molecule has 8 heteroatoms. The monoisotopic (exact) mass is 522 g/mol. The number of rotatable bonds is 6. The Balaban J connectivity index is 1.24. The number of piperidine rings is 1. The minimum Gasteiger partial charge on any atom is -0.393 e. The standard InChI is InChI=1S/C31H34N6O2/c32-31(39)21-7-12-28-26(15-21)30(35-36(28)18-29-33-14-13-27(34-29)19-3-1-2-4-19)20-5-8-22(9-6-20)37-23-10-11-24(37)17-25(38)16-23/h5-9,12-15,19,23-25,38H,1-4,10-11,16-18H2,(H2,32,39). The van der Waals surface area contributed by atoms with Crippen LogP contribution in [0.2, 0.25) is 0 Å². The van der Waals surface area contributed by atoms with E-state index in [1.807, 2.05) is 29.1 Å². The van der Waals surface area contributed by atoms with Crippen LogP contribution in [0.3, 0.4) is 0 Å². The van der Waals surface area contributed by atoms with Crippen LogP contribution < -0.4 is 10.6 Å². The summed E-state index contributed by atoms with van der Waals surface area (Å²) in [4.78, 5) is 24.0. The van der Waals surface area contributed by atoms with Crippen LogP contribution in [-0.2, 0) is 6.54 Å². The van der Waals surface area contributed by atoms with Crippen LogP contribution in [0.1, 0.15) is 79.2 Å². The lowest BCUT2D eigenvalue weighted by atomic mass is 9.98. The molecule has 3 N–H and O–H groups in total. The Labute approximate surface area is 227 Å². The molecule has 2 aromatic heterocycles.